The van der Waals surface area contributed by atoms with Crippen molar-refractivity contribution in [3.05, 3.63) is 53.3 Å². The molecule has 6 nitrogen and oxygen atoms in total. The van der Waals surface area contributed by atoms with E-state index in [1.54, 1.807) is 6.20 Å². The molecule has 2 N–H and O–H groups in total. The highest BCUT2D eigenvalue weighted by Crippen LogP contribution is 2.26. The Morgan fingerprint density at radius 3 is 2.69 bits per heavy atom. The second kappa shape index (κ2) is 8.44. The number of carbonyl (C=O) groups is 2. The molecule has 1 atom stereocenters. The number of hydrogen-bond donors (Lipinski definition) is 2. The molecule has 0 radical (unpaired) electrons. The van der Waals surface area contributed by atoms with Crippen molar-refractivity contribution in [1.82, 2.24) is 15.6 Å². The molecule has 1 aliphatic heterocycles. The maximum Gasteiger partial charge on any atom is 0.270 e. The Hall–Kier alpha value is -3.20. The highest BCUT2D eigenvalue weighted by molar-refractivity contribution is 5.96. The lowest BCUT2D eigenvalue weighted by Crippen LogP contribution is -2.34. The molecular formula is C23H24N4O2. The number of pyridine rings is 1. The maximum atomic E-state index is 12.3. The van der Waals surface area contributed by atoms with Crippen LogP contribution in [-0.2, 0) is 11.3 Å². The number of aromatic nitrogens is 1. The Balaban J connectivity index is 1.41. The molecule has 2 aromatic rings. The molecule has 0 bridgehead atoms. The van der Waals surface area contributed by atoms with Crippen LogP contribution < -0.4 is 10.6 Å². The van der Waals surface area contributed by atoms with Gasteiger partial charge in [-0.2, -0.15) is 5.26 Å². The lowest BCUT2D eigenvalue weighted by molar-refractivity contribution is -0.125. The first-order valence-corrected chi connectivity index (χ1v) is 10.2. The van der Waals surface area contributed by atoms with E-state index in [1.807, 2.05) is 30.3 Å². The van der Waals surface area contributed by atoms with Gasteiger partial charge in [0.1, 0.15) is 5.69 Å². The lowest BCUT2D eigenvalue weighted by atomic mass is 9.88. The molecule has 1 aliphatic carbocycles. The van der Waals surface area contributed by atoms with Crippen molar-refractivity contribution in [2.45, 2.75) is 44.6 Å². The van der Waals surface area contributed by atoms with E-state index in [0.717, 1.165) is 47.9 Å². The largest absolute Gasteiger partial charge is 0.354 e. The summed E-state index contributed by atoms with van der Waals surface area (Å²) in [6, 6.07) is 12.0. The normalized spacial score (nSPS) is 17.1. The van der Waals surface area contributed by atoms with Crippen LogP contribution in [0.1, 0.15) is 59.6 Å². The van der Waals surface area contributed by atoms with Crippen molar-refractivity contribution in [2.75, 3.05) is 6.54 Å². The van der Waals surface area contributed by atoms with E-state index in [9.17, 15) is 14.9 Å². The fourth-order valence-corrected chi connectivity index (χ4v) is 4.12. The molecule has 4 rings (SSSR count). The molecule has 1 aromatic carbocycles. The average molecular weight is 388 g/mol. The van der Waals surface area contributed by atoms with Crippen LogP contribution >= 0.6 is 0 Å². The van der Waals surface area contributed by atoms with Crippen LogP contribution in [0.5, 0.6) is 0 Å². The van der Waals surface area contributed by atoms with Gasteiger partial charge in [0.25, 0.3) is 5.91 Å². The molecular weight excluding hydrogens is 364 g/mol. The van der Waals surface area contributed by atoms with E-state index in [0.29, 0.717) is 18.8 Å². The second-order valence-corrected chi connectivity index (χ2v) is 7.80. The maximum absolute atomic E-state index is 12.3. The zero-order chi connectivity index (χ0) is 20.2. The van der Waals surface area contributed by atoms with Crippen molar-refractivity contribution >= 4 is 11.8 Å². The van der Waals surface area contributed by atoms with Crippen LogP contribution in [-0.4, -0.2) is 23.3 Å². The molecule has 0 spiro atoms. The quantitative estimate of drug-likeness (QED) is 0.822. The van der Waals surface area contributed by atoms with E-state index in [4.69, 9.17) is 0 Å². The third-order valence-corrected chi connectivity index (χ3v) is 5.88. The zero-order valence-corrected chi connectivity index (χ0v) is 16.3. The van der Waals surface area contributed by atoms with Gasteiger partial charge in [-0.3, -0.25) is 14.6 Å². The molecule has 0 saturated heterocycles. The summed E-state index contributed by atoms with van der Waals surface area (Å²) in [5.74, 6) is -0.335. The highest BCUT2D eigenvalue weighted by atomic mass is 16.2. The Morgan fingerprint density at radius 2 is 1.97 bits per heavy atom. The van der Waals surface area contributed by atoms with Crippen LogP contribution in [0.2, 0.25) is 0 Å². The molecule has 6 heteroatoms. The van der Waals surface area contributed by atoms with E-state index >= 15 is 0 Å². The van der Waals surface area contributed by atoms with Crippen LogP contribution in [0.15, 0.2) is 36.5 Å². The molecule has 29 heavy (non-hydrogen) atoms. The van der Waals surface area contributed by atoms with Crippen molar-refractivity contribution in [3.8, 4) is 17.2 Å². The summed E-state index contributed by atoms with van der Waals surface area (Å²) in [6.45, 7) is 0.837. The molecule has 1 fully saturated rings. The van der Waals surface area contributed by atoms with Crippen LogP contribution in [0.4, 0.5) is 0 Å². The van der Waals surface area contributed by atoms with Gasteiger partial charge in [-0.15, -0.1) is 0 Å². The van der Waals surface area contributed by atoms with Crippen molar-refractivity contribution in [2.24, 2.45) is 5.92 Å². The first kappa shape index (κ1) is 19.1. The zero-order valence-electron chi connectivity index (χ0n) is 16.3. The van der Waals surface area contributed by atoms with Crippen LogP contribution in [0.3, 0.4) is 0 Å². The van der Waals surface area contributed by atoms with Gasteiger partial charge >= 0.3 is 0 Å². The van der Waals surface area contributed by atoms with Gasteiger partial charge in [0.05, 0.1) is 12.0 Å². The smallest absolute Gasteiger partial charge is 0.270 e. The highest BCUT2D eigenvalue weighted by Gasteiger charge is 2.23. The summed E-state index contributed by atoms with van der Waals surface area (Å²) in [5.41, 5.74) is 4.18. The molecule has 1 unspecified atom stereocenters. The van der Waals surface area contributed by atoms with E-state index in [-0.39, 0.29) is 23.7 Å². The summed E-state index contributed by atoms with van der Waals surface area (Å²) in [6.07, 6.45) is 7.04. The van der Waals surface area contributed by atoms with E-state index in [2.05, 4.69) is 21.7 Å². The standard InChI is InChI=1S/C23H24N4O2/c24-11-20(14-26-22(28)17-4-2-1-3-5-17)16-8-6-15(7-9-16)18-10-19-13-27-23(29)21(19)25-12-18/h6-10,12,17,20H,1-5,13-14H2,(H,26,28)(H,27,29). The van der Waals surface area contributed by atoms with E-state index < -0.39 is 0 Å². The number of carbonyl (C=O) groups excluding carboxylic acids is 2. The summed E-state index contributed by atoms with van der Waals surface area (Å²) < 4.78 is 0. The van der Waals surface area contributed by atoms with Crippen molar-refractivity contribution in [3.63, 3.8) is 0 Å². The van der Waals surface area contributed by atoms with Gasteiger partial charge in [-0.25, -0.2) is 0 Å². The summed E-state index contributed by atoms with van der Waals surface area (Å²) in [7, 11) is 0. The molecule has 148 valence electrons. The van der Waals surface area contributed by atoms with Gasteiger partial charge in [-0.05, 0) is 30.0 Å². The third-order valence-electron chi connectivity index (χ3n) is 5.88. The Morgan fingerprint density at radius 1 is 1.21 bits per heavy atom. The Labute approximate surface area is 170 Å². The van der Waals surface area contributed by atoms with Gasteiger partial charge in [0.15, 0.2) is 0 Å². The summed E-state index contributed by atoms with van der Waals surface area (Å²) >= 11 is 0. The average Bonchev–Trinajstić information content (AvgIpc) is 3.15. The number of rotatable bonds is 5. The minimum absolute atomic E-state index is 0.0777. The van der Waals surface area contributed by atoms with E-state index in [1.165, 1.54) is 6.42 Å². The molecule has 2 heterocycles. The monoisotopic (exact) mass is 388 g/mol. The summed E-state index contributed by atoms with van der Waals surface area (Å²) in [5, 5.41) is 15.3. The minimum atomic E-state index is -0.378. The Bertz CT molecular complexity index is 956. The Kier molecular flexibility index (Phi) is 5.57. The predicted octanol–water partition coefficient (Wildman–Crippen LogP) is 3.30. The van der Waals surface area contributed by atoms with Gasteiger partial charge in [0.2, 0.25) is 5.91 Å². The first-order valence-electron chi connectivity index (χ1n) is 10.2. The number of amides is 2. The SMILES string of the molecule is N#CC(CNC(=O)C1CCCCC1)c1ccc(-c2cnc3c(c2)CNC3=O)cc1. The summed E-state index contributed by atoms with van der Waals surface area (Å²) in [4.78, 5) is 28.3. The van der Waals surface area contributed by atoms with Crippen LogP contribution in [0, 0.1) is 17.2 Å². The van der Waals surface area contributed by atoms with Gasteiger partial charge in [0, 0.05) is 36.3 Å². The molecule has 1 saturated carbocycles. The number of fused-ring (bicyclic) bond motifs is 1. The van der Waals surface area contributed by atoms with Crippen molar-refractivity contribution in [1.29, 1.82) is 5.26 Å². The first-order chi connectivity index (χ1) is 14.2. The topological polar surface area (TPSA) is 94.9 Å². The fourth-order valence-electron chi connectivity index (χ4n) is 4.12. The fraction of sp³-hybridized carbons (Fsp3) is 0.391. The second-order valence-electron chi connectivity index (χ2n) is 7.80. The number of benzene rings is 1. The van der Waals surface area contributed by atoms with Crippen LogP contribution in [0.25, 0.3) is 11.1 Å². The third kappa shape index (κ3) is 4.14. The number of nitrogens with one attached hydrogen (secondary N) is 2. The number of nitrogens with zero attached hydrogens (tertiary/aromatic N) is 2. The van der Waals surface area contributed by atoms with Gasteiger partial charge < -0.3 is 10.6 Å². The predicted molar refractivity (Wildman–Crippen MR) is 109 cm³/mol. The van der Waals surface area contributed by atoms with Gasteiger partial charge in [-0.1, -0.05) is 43.5 Å². The lowest BCUT2D eigenvalue weighted by Gasteiger charge is -2.21. The minimum Gasteiger partial charge on any atom is -0.354 e. The van der Waals surface area contributed by atoms with Crippen molar-refractivity contribution < 1.29 is 9.59 Å². The number of nitriles is 1. The molecule has 2 aliphatic rings. The molecule has 1 aromatic heterocycles. The molecule has 2 amide bonds. The number of hydrogen-bond acceptors (Lipinski definition) is 4.